The smallest absolute Gasteiger partial charge is 0.228 e. The number of ether oxygens (including phenoxy) is 1. The van der Waals surface area contributed by atoms with E-state index in [9.17, 15) is 4.79 Å². The molecule has 1 N–H and O–H groups in total. The molecule has 0 bridgehead atoms. The van der Waals surface area contributed by atoms with Crippen LogP contribution in [0.5, 0.6) is 5.75 Å². The Kier molecular flexibility index (Phi) is 6.65. The number of fused-ring (bicyclic) bond motifs is 3. The SMILES string of the molecule is CCC1CN(CCOc2cc(F)c([C@@H]3c4[nH]c5ccccc5c4C[C@@H](C)N3C(=O)C3CSC3)c(F)c2)C1. The maximum Gasteiger partial charge on any atom is 0.228 e. The van der Waals surface area contributed by atoms with Crippen LogP contribution in [0, 0.1) is 23.5 Å². The zero-order chi connectivity index (χ0) is 25.7. The molecular formula is C29H33F2N3O2S. The third kappa shape index (κ3) is 4.42. The molecular weight excluding hydrogens is 492 g/mol. The number of hydrogen-bond acceptors (Lipinski definition) is 4. The number of para-hydroxylation sites is 1. The van der Waals surface area contributed by atoms with Crippen molar-refractivity contribution in [2.75, 3.05) is 37.7 Å². The van der Waals surface area contributed by atoms with Crippen molar-refractivity contribution in [2.24, 2.45) is 11.8 Å². The van der Waals surface area contributed by atoms with E-state index in [2.05, 4.69) is 16.8 Å². The number of carbonyl (C=O) groups is 1. The van der Waals surface area contributed by atoms with Gasteiger partial charge in [0.1, 0.15) is 30.0 Å². The predicted molar refractivity (Wildman–Crippen MR) is 143 cm³/mol. The van der Waals surface area contributed by atoms with Crippen LogP contribution in [-0.4, -0.2) is 64.5 Å². The Morgan fingerprint density at radius 1 is 1.16 bits per heavy atom. The van der Waals surface area contributed by atoms with E-state index >= 15 is 8.78 Å². The molecule has 8 heteroatoms. The van der Waals surface area contributed by atoms with Crippen LogP contribution in [0.4, 0.5) is 8.78 Å². The van der Waals surface area contributed by atoms with Crippen LogP contribution < -0.4 is 4.74 Å². The van der Waals surface area contributed by atoms with E-state index in [0.717, 1.165) is 53.5 Å². The predicted octanol–water partition coefficient (Wildman–Crippen LogP) is 5.39. The largest absolute Gasteiger partial charge is 0.492 e. The number of benzene rings is 2. The molecule has 0 saturated carbocycles. The number of hydrogen-bond donors (Lipinski definition) is 1. The first-order valence-electron chi connectivity index (χ1n) is 13.3. The van der Waals surface area contributed by atoms with Crippen molar-refractivity contribution in [3.63, 3.8) is 0 Å². The van der Waals surface area contributed by atoms with E-state index in [1.54, 1.807) is 16.7 Å². The molecule has 0 spiro atoms. The summed E-state index contributed by atoms with van der Waals surface area (Å²) in [6, 6.07) is 9.40. The first-order chi connectivity index (χ1) is 17.9. The van der Waals surface area contributed by atoms with Gasteiger partial charge in [0.15, 0.2) is 0 Å². The second-order valence-corrected chi connectivity index (χ2v) is 11.8. The topological polar surface area (TPSA) is 48.6 Å². The Bertz CT molecular complexity index is 1290. The molecule has 0 unspecified atom stereocenters. The van der Waals surface area contributed by atoms with E-state index in [1.807, 2.05) is 31.2 Å². The van der Waals surface area contributed by atoms with Crippen LogP contribution in [0.15, 0.2) is 36.4 Å². The minimum Gasteiger partial charge on any atom is -0.492 e. The lowest BCUT2D eigenvalue weighted by molar-refractivity contribution is -0.139. The third-order valence-corrected chi connectivity index (χ3v) is 9.50. The normalized spacial score (nSPS) is 22.5. The number of amides is 1. The van der Waals surface area contributed by atoms with Gasteiger partial charge in [-0.05, 0) is 30.9 Å². The van der Waals surface area contributed by atoms with Crippen molar-refractivity contribution in [3.8, 4) is 5.75 Å². The van der Waals surface area contributed by atoms with Gasteiger partial charge in [0, 0.05) is 65.9 Å². The van der Waals surface area contributed by atoms with Crippen molar-refractivity contribution in [1.29, 1.82) is 0 Å². The molecule has 5 nitrogen and oxygen atoms in total. The summed E-state index contributed by atoms with van der Waals surface area (Å²) < 4.78 is 37.3. The number of aromatic amines is 1. The van der Waals surface area contributed by atoms with Crippen molar-refractivity contribution in [2.45, 2.75) is 38.8 Å². The summed E-state index contributed by atoms with van der Waals surface area (Å²) >= 11 is 1.73. The van der Waals surface area contributed by atoms with Gasteiger partial charge in [0.2, 0.25) is 5.91 Å². The fourth-order valence-corrected chi connectivity index (χ4v) is 6.75. The average molecular weight is 526 g/mol. The van der Waals surface area contributed by atoms with Gasteiger partial charge >= 0.3 is 0 Å². The lowest BCUT2D eigenvalue weighted by atomic mass is 9.87. The van der Waals surface area contributed by atoms with Gasteiger partial charge in [0.05, 0.1) is 11.5 Å². The zero-order valence-electron chi connectivity index (χ0n) is 21.3. The molecule has 37 heavy (non-hydrogen) atoms. The van der Waals surface area contributed by atoms with Gasteiger partial charge in [-0.3, -0.25) is 9.69 Å². The highest BCUT2D eigenvalue weighted by Gasteiger charge is 2.44. The van der Waals surface area contributed by atoms with Crippen LogP contribution in [-0.2, 0) is 11.2 Å². The highest BCUT2D eigenvalue weighted by atomic mass is 32.2. The molecule has 2 atom stereocenters. The first-order valence-corrected chi connectivity index (χ1v) is 14.4. The lowest BCUT2D eigenvalue weighted by Crippen LogP contribution is -2.51. The fraction of sp³-hybridized carbons (Fsp3) is 0.483. The van der Waals surface area contributed by atoms with E-state index < -0.39 is 17.7 Å². The van der Waals surface area contributed by atoms with Gasteiger partial charge in [-0.25, -0.2) is 8.78 Å². The minimum atomic E-state index is -0.856. The molecule has 0 radical (unpaired) electrons. The van der Waals surface area contributed by atoms with E-state index in [-0.39, 0.29) is 29.2 Å². The van der Waals surface area contributed by atoms with Crippen molar-refractivity contribution >= 4 is 28.6 Å². The standard InChI is InChI=1S/C29H33F2N3O2S/c1-3-18-13-33(14-18)8-9-36-20-11-23(30)26(24(31)12-20)28-27-22(21-6-4-5-7-25(21)32-27)10-17(2)34(28)29(35)19-15-37-16-19/h4-7,11-12,17-19,28,32H,3,8-10,13-16H2,1-2H3/t17-,28-/m1/s1. The number of halogens is 2. The second-order valence-electron chi connectivity index (χ2n) is 10.7. The van der Waals surface area contributed by atoms with Gasteiger partial charge in [0.25, 0.3) is 0 Å². The lowest BCUT2D eigenvalue weighted by Gasteiger charge is -2.44. The number of likely N-dealkylation sites (tertiary alicyclic amines) is 1. The molecule has 2 aromatic carbocycles. The number of thioether (sulfide) groups is 1. The van der Waals surface area contributed by atoms with Gasteiger partial charge < -0.3 is 14.6 Å². The molecule has 2 fully saturated rings. The molecule has 3 aliphatic heterocycles. The molecule has 2 saturated heterocycles. The number of nitrogens with one attached hydrogen (secondary N) is 1. The van der Waals surface area contributed by atoms with Crippen LogP contribution in [0.25, 0.3) is 10.9 Å². The maximum absolute atomic E-state index is 15.8. The van der Waals surface area contributed by atoms with Crippen LogP contribution in [0.3, 0.4) is 0 Å². The monoisotopic (exact) mass is 525 g/mol. The summed E-state index contributed by atoms with van der Waals surface area (Å²) in [6.07, 6.45) is 1.81. The molecule has 4 heterocycles. The van der Waals surface area contributed by atoms with Crippen LogP contribution >= 0.6 is 11.8 Å². The second kappa shape index (κ2) is 9.95. The van der Waals surface area contributed by atoms with Crippen molar-refractivity contribution < 1.29 is 18.3 Å². The summed E-state index contributed by atoms with van der Waals surface area (Å²) in [5, 5.41) is 1.04. The summed E-state index contributed by atoms with van der Waals surface area (Å²) in [7, 11) is 0. The molecule has 0 aliphatic carbocycles. The number of carbonyl (C=O) groups excluding carboxylic acids is 1. The number of aromatic nitrogens is 1. The molecule has 3 aromatic rings. The van der Waals surface area contributed by atoms with E-state index in [4.69, 9.17) is 4.74 Å². The molecule has 1 amide bonds. The van der Waals surface area contributed by atoms with E-state index in [1.165, 1.54) is 18.6 Å². The number of nitrogens with zero attached hydrogens (tertiary/aromatic N) is 2. The van der Waals surface area contributed by atoms with Crippen LogP contribution in [0.1, 0.15) is 43.1 Å². The zero-order valence-corrected chi connectivity index (χ0v) is 22.1. The Morgan fingerprint density at radius 3 is 2.57 bits per heavy atom. The van der Waals surface area contributed by atoms with Crippen molar-refractivity contribution in [3.05, 3.63) is 64.9 Å². The fourth-order valence-electron chi connectivity index (χ4n) is 5.99. The number of H-pyrrole nitrogens is 1. The quantitative estimate of drug-likeness (QED) is 0.449. The first kappa shape index (κ1) is 24.7. The Balaban J connectivity index is 1.33. The van der Waals surface area contributed by atoms with Gasteiger partial charge in [-0.1, -0.05) is 31.5 Å². The summed E-state index contributed by atoms with van der Waals surface area (Å²) in [4.78, 5) is 21.0. The van der Waals surface area contributed by atoms with Gasteiger partial charge in [-0.2, -0.15) is 11.8 Å². The van der Waals surface area contributed by atoms with Gasteiger partial charge in [-0.15, -0.1) is 0 Å². The Morgan fingerprint density at radius 2 is 1.89 bits per heavy atom. The van der Waals surface area contributed by atoms with E-state index in [0.29, 0.717) is 18.7 Å². The molecule has 3 aliphatic rings. The summed E-state index contributed by atoms with van der Waals surface area (Å²) in [6.45, 7) is 7.40. The molecule has 196 valence electrons. The van der Waals surface area contributed by atoms with Crippen LogP contribution in [0.2, 0.25) is 0 Å². The minimum absolute atomic E-state index is 0.0281. The third-order valence-electron chi connectivity index (χ3n) is 8.23. The maximum atomic E-state index is 15.8. The average Bonchev–Trinajstić information content (AvgIpc) is 3.17. The van der Waals surface area contributed by atoms with Crippen molar-refractivity contribution in [1.82, 2.24) is 14.8 Å². The Hall–Kier alpha value is -2.58. The molecule has 1 aromatic heterocycles. The number of rotatable bonds is 7. The Labute approximate surface area is 220 Å². The molecule has 6 rings (SSSR count). The summed E-state index contributed by atoms with van der Waals surface area (Å²) in [5.74, 6) is 0.919. The summed E-state index contributed by atoms with van der Waals surface area (Å²) in [5.41, 5.74) is 2.55. The highest BCUT2D eigenvalue weighted by Crippen LogP contribution is 2.44. The highest BCUT2D eigenvalue weighted by molar-refractivity contribution is 8.00.